The number of nitrogens with two attached hydrogens (primary N) is 1. The highest BCUT2D eigenvalue weighted by Gasteiger charge is 2.25. The van der Waals surface area contributed by atoms with Gasteiger partial charge in [0.2, 0.25) is 0 Å². The molecule has 2 aromatic rings. The molecular weight excluding hydrogens is 302 g/mol. The van der Waals surface area contributed by atoms with E-state index in [1.165, 1.54) is 11.8 Å². The quantitative estimate of drug-likeness (QED) is 0.672. The molecule has 0 unspecified atom stereocenters. The molecule has 2 N–H and O–H groups in total. The first-order chi connectivity index (χ1) is 10.6. The summed E-state index contributed by atoms with van der Waals surface area (Å²) in [6.45, 7) is 1.94. The molecule has 0 saturated heterocycles. The summed E-state index contributed by atoms with van der Waals surface area (Å²) in [6.07, 6.45) is 1.92. The first-order valence-corrected chi connectivity index (χ1v) is 7.97. The number of carbonyl (C=O) groups excluding carboxylic acids is 2. The Balaban J connectivity index is 2.31. The number of carbonyl (C=O) groups is 2. The van der Waals surface area contributed by atoms with Crippen LogP contribution in [0.25, 0.3) is 0 Å². The number of thioether (sulfide) groups is 1. The van der Waals surface area contributed by atoms with Gasteiger partial charge in [0.1, 0.15) is 16.4 Å². The summed E-state index contributed by atoms with van der Waals surface area (Å²) < 4.78 is 6.04. The highest BCUT2D eigenvalue weighted by molar-refractivity contribution is 7.98. The van der Waals surface area contributed by atoms with Gasteiger partial charge >= 0.3 is 5.97 Å². The molecule has 1 aromatic heterocycles. The summed E-state index contributed by atoms with van der Waals surface area (Å²) in [4.78, 5) is 24.3. The zero-order chi connectivity index (χ0) is 16.1. The molecule has 0 aliphatic carbocycles. The standard InChI is InChI=1S/C15H17N3O3S/c1-3-21-15(20)12-13(16)18(17-14(12)22-2)11(19)9-10-7-5-4-6-8-10/h4-8H,3,9,16H2,1-2H3. The molecule has 116 valence electrons. The first-order valence-electron chi connectivity index (χ1n) is 6.75. The molecule has 0 amide bonds. The van der Waals surface area contributed by atoms with Gasteiger partial charge in [0.05, 0.1) is 13.0 Å². The van der Waals surface area contributed by atoms with Crippen molar-refractivity contribution < 1.29 is 14.3 Å². The third kappa shape index (κ3) is 3.30. The molecule has 0 aliphatic heterocycles. The molecule has 0 atom stereocenters. The van der Waals surface area contributed by atoms with Crippen LogP contribution in [0.1, 0.15) is 27.6 Å². The number of esters is 1. The van der Waals surface area contributed by atoms with Crippen molar-refractivity contribution in [2.75, 3.05) is 18.6 Å². The van der Waals surface area contributed by atoms with Crippen molar-refractivity contribution in [2.45, 2.75) is 18.4 Å². The van der Waals surface area contributed by atoms with Crippen molar-refractivity contribution in [3.8, 4) is 0 Å². The molecular formula is C15H17N3O3S. The van der Waals surface area contributed by atoms with Crippen molar-refractivity contribution >= 4 is 29.5 Å². The number of ether oxygens (including phenoxy) is 1. The average molecular weight is 319 g/mol. The van der Waals surface area contributed by atoms with Crippen LogP contribution in [0.2, 0.25) is 0 Å². The molecule has 0 saturated carbocycles. The van der Waals surface area contributed by atoms with Crippen LogP contribution in [-0.2, 0) is 11.2 Å². The van der Waals surface area contributed by atoms with Gasteiger partial charge in [-0.05, 0) is 18.7 Å². The van der Waals surface area contributed by atoms with Crippen LogP contribution in [0.5, 0.6) is 0 Å². The predicted octanol–water partition coefficient (Wildman–Crippen LogP) is 2.25. The SMILES string of the molecule is CCOC(=O)c1c(SC)nn(C(=O)Cc2ccccc2)c1N. The number of anilines is 1. The maximum absolute atomic E-state index is 12.4. The Morgan fingerprint density at radius 1 is 1.32 bits per heavy atom. The summed E-state index contributed by atoms with van der Waals surface area (Å²) in [7, 11) is 0. The van der Waals surface area contributed by atoms with E-state index in [0.29, 0.717) is 5.03 Å². The van der Waals surface area contributed by atoms with Crippen molar-refractivity contribution in [3.63, 3.8) is 0 Å². The maximum atomic E-state index is 12.4. The number of hydrogen-bond acceptors (Lipinski definition) is 6. The van der Waals surface area contributed by atoms with E-state index in [-0.39, 0.29) is 30.3 Å². The molecule has 1 aromatic carbocycles. The van der Waals surface area contributed by atoms with Crippen molar-refractivity contribution in [1.82, 2.24) is 9.78 Å². The first kappa shape index (κ1) is 16.1. The monoisotopic (exact) mass is 319 g/mol. The second kappa shape index (κ2) is 7.13. The number of hydrogen-bond donors (Lipinski definition) is 1. The van der Waals surface area contributed by atoms with E-state index in [2.05, 4.69) is 5.10 Å². The fraction of sp³-hybridized carbons (Fsp3) is 0.267. The molecule has 22 heavy (non-hydrogen) atoms. The van der Waals surface area contributed by atoms with E-state index in [0.717, 1.165) is 10.2 Å². The van der Waals surface area contributed by atoms with Crippen LogP contribution in [0, 0.1) is 0 Å². The molecule has 1 heterocycles. The summed E-state index contributed by atoms with van der Waals surface area (Å²) in [6, 6.07) is 9.28. The van der Waals surface area contributed by atoms with Gasteiger partial charge in [-0.2, -0.15) is 9.78 Å². The van der Waals surface area contributed by atoms with Crippen LogP contribution in [0.15, 0.2) is 35.4 Å². The fourth-order valence-electron chi connectivity index (χ4n) is 1.98. The number of nitrogens with zero attached hydrogens (tertiary/aromatic N) is 2. The summed E-state index contributed by atoms with van der Waals surface area (Å²) in [5, 5.41) is 4.52. The lowest BCUT2D eigenvalue weighted by Crippen LogP contribution is -2.18. The molecule has 7 heteroatoms. The Morgan fingerprint density at radius 3 is 2.59 bits per heavy atom. The minimum atomic E-state index is -0.567. The minimum absolute atomic E-state index is 0.0173. The number of aromatic nitrogens is 2. The summed E-state index contributed by atoms with van der Waals surface area (Å²) in [5.41, 5.74) is 6.93. The van der Waals surface area contributed by atoms with Gasteiger partial charge in [0.15, 0.2) is 0 Å². The lowest BCUT2D eigenvalue weighted by atomic mass is 10.1. The van der Waals surface area contributed by atoms with Crippen molar-refractivity contribution in [1.29, 1.82) is 0 Å². The van der Waals surface area contributed by atoms with E-state index >= 15 is 0 Å². The topological polar surface area (TPSA) is 87.2 Å². The zero-order valence-electron chi connectivity index (χ0n) is 12.4. The Morgan fingerprint density at radius 2 is 2.00 bits per heavy atom. The van der Waals surface area contributed by atoms with Gasteiger partial charge in [0, 0.05) is 0 Å². The zero-order valence-corrected chi connectivity index (χ0v) is 13.2. The number of rotatable bonds is 5. The third-order valence-corrected chi connectivity index (χ3v) is 3.67. The Labute approximate surface area is 132 Å². The molecule has 0 aliphatic rings. The van der Waals surface area contributed by atoms with Crippen molar-refractivity contribution in [3.05, 3.63) is 41.5 Å². The molecule has 0 bridgehead atoms. The van der Waals surface area contributed by atoms with Gasteiger partial charge < -0.3 is 10.5 Å². The smallest absolute Gasteiger partial charge is 0.344 e. The minimum Gasteiger partial charge on any atom is -0.462 e. The van der Waals surface area contributed by atoms with E-state index in [1.54, 1.807) is 13.2 Å². The average Bonchev–Trinajstić information content (AvgIpc) is 2.85. The molecule has 0 spiro atoms. The highest BCUT2D eigenvalue weighted by Crippen LogP contribution is 2.25. The van der Waals surface area contributed by atoms with Crippen LogP contribution in [0.4, 0.5) is 5.82 Å². The molecule has 0 fully saturated rings. The van der Waals surface area contributed by atoms with Crippen LogP contribution in [0.3, 0.4) is 0 Å². The fourth-order valence-corrected chi connectivity index (χ4v) is 2.54. The van der Waals surface area contributed by atoms with Crippen LogP contribution in [-0.4, -0.2) is 34.5 Å². The highest BCUT2D eigenvalue weighted by atomic mass is 32.2. The predicted molar refractivity (Wildman–Crippen MR) is 85.1 cm³/mol. The second-order valence-electron chi connectivity index (χ2n) is 4.46. The maximum Gasteiger partial charge on any atom is 0.344 e. The summed E-state index contributed by atoms with van der Waals surface area (Å²) in [5.74, 6) is -0.846. The van der Waals surface area contributed by atoms with E-state index in [1.807, 2.05) is 30.3 Å². The third-order valence-electron chi connectivity index (χ3n) is 3.00. The van der Waals surface area contributed by atoms with Crippen molar-refractivity contribution in [2.24, 2.45) is 0 Å². The lowest BCUT2D eigenvalue weighted by Gasteiger charge is -2.04. The van der Waals surface area contributed by atoms with E-state index < -0.39 is 5.97 Å². The van der Waals surface area contributed by atoms with Crippen LogP contribution < -0.4 is 5.73 Å². The van der Waals surface area contributed by atoms with Gasteiger partial charge in [-0.1, -0.05) is 30.3 Å². The molecule has 6 nitrogen and oxygen atoms in total. The Hall–Kier alpha value is -2.28. The van der Waals surface area contributed by atoms with Gasteiger partial charge in [0.25, 0.3) is 5.91 Å². The molecule has 0 radical (unpaired) electrons. The largest absolute Gasteiger partial charge is 0.462 e. The number of nitrogen functional groups attached to an aromatic ring is 1. The molecule has 2 rings (SSSR count). The Bertz CT molecular complexity index is 683. The summed E-state index contributed by atoms with van der Waals surface area (Å²) >= 11 is 1.24. The second-order valence-corrected chi connectivity index (χ2v) is 5.25. The van der Waals surface area contributed by atoms with E-state index in [4.69, 9.17) is 10.5 Å². The van der Waals surface area contributed by atoms with E-state index in [9.17, 15) is 9.59 Å². The lowest BCUT2D eigenvalue weighted by molar-refractivity contribution is 0.0523. The Kier molecular flexibility index (Phi) is 5.21. The number of benzene rings is 1. The van der Waals surface area contributed by atoms with Gasteiger partial charge in [-0.3, -0.25) is 4.79 Å². The van der Waals surface area contributed by atoms with Gasteiger partial charge in [-0.15, -0.1) is 11.8 Å². The van der Waals surface area contributed by atoms with Gasteiger partial charge in [-0.25, -0.2) is 4.79 Å². The normalized spacial score (nSPS) is 10.5. The van der Waals surface area contributed by atoms with Crippen LogP contribution >= 0.6 is 11.8 Å².